The highest BCUT2D eigenvalue weighted by Gasteiger charge is 2.30. The van der Waals surface area contributed by atoms with Gasteiger partial charge in [-0.2, -0.15) is 0 Å². The van der Waals surface area contributed by atoms with E-state index in [4.69, 9.17) is 21.3 Å². The normalized spacial score (nSPS) is 23.9. The molecule has 0 saturated carbocycles. The summed E-state index contributed by atoms with van der Waals surface area (Å²) in [5.74, 6) is 1.78. The minimum absolute atomic E-state index is 0. The first-order valence-corrected chi connectivity index (χ1v) is 12.4. The number of piperidine rings is 1. The smallest absolute Gasteiger partial charge is 0.193 e. The summed E-state index contributed by atoms with van der Waals surface area (Å²) >= 11 is 6.34. The van der Waals surface area contributed by atoms with Gasteiger partial charge in [-0.1, -0.05) is 29.8 Å². The van der Waals surface area contributed by atoms with E-state index in [-0.39, 0.29) is 24.0 Å². The van der Waals surface area contributed by atoms with Crippen LogP contribution in [0.3, 0.4) is 0 Å². The van der Waals surface area contributed by atoms with Crippen LogP contribution in [0.1, 0.15) is 31.7 Å². The fourth-order valence-electron chi connectivity index (χ4n) is 5.01. The monoisotopic (exact) mass is 575 g/mol. The van der Waals surface area contributed by atoms with Crippen molar-refractivity contribution in [3.05, 3.63) is 34.9 Å². The predicted octanol–water partition coefficient (Wildman–Crippen LogP) is 3.54. The molecule has 1 atom stereocenters. The van der Waals surface area contributed by atoms with Crippen molar-refractivity contribution in [1.82, 2.24) is 20.0 Å². The van der Waals surface area contributed by atoms with Crippen molar-refractivity contribution < 1.29 is 4.74 Å². The van der Waals surface area contributed by atoms with Crippen LogP contribution in [0.25, 0.3) is 0 Å². The number of halogens is 2. The highest BCUT2D eigenvalue weighted by molar-refractivity contribution is 14.0. The zero-order chi connectivity index (χ0) is 21.5. The summed E-state index contributed by atoms with van der Waals surface area (Å²) in [6.07, 6.45) is 3.65. The molecule has 0 aromatic heterocycles. The molecule has 1 aromatic rings. The second kappa shape index (κ2) is 13.3. The number of hydrogen-bond acceptors (Lipinski definition) is 4. The lowest BCUT2D eigenvalue weighted by atomic mass is 9.96. The third kappa shape index (κ3) is 7.19. The zero-order valence-electron chi connectivity index (χ0n) is 19.3. The average Bonchev–Trinajstić information content (AvgIpc) is 3.30. The molecule has 0 aliphatic carbocycles. The predicted molar refractivity (Wildman–Crippen MR) is 143 cm³/mol. The maximum absolute atomic E-state index is 6.34. The Morgan fingerprint density at radius 1 is 1.09 bits per heavy atom. The van der Waals surface area contributed by atoms with E-state index in [2.05, 4.69) is 39.1 Å². The fourth-order valence-corrected chi connectivity index (χ4v) is 5.21. The van der Waals surface area contributed by atoms with Crippen molar-refractivity contribution in [2.75, 3.05) is 65.6 Å². The van der Waals surface area contributed by atoms with Crippen molar-refractivity contribution in [2.24, 2.45) is 10.9 Å². The number of rotatable bonds is 6. The summed E-state index contributed by atoms with van der Waals surface area (Å²) in [6.45, 7) is 13.3. The lowest BCUT2D eigenvalue weighted by Gasteiger charge is -2.33. The Hall–Kier alpha value is -0.610. The molecule has 0 spiro atoms. The number of guanidine groups is 1. The number of nitrogens with zero attached hydrogens (tertiary/aromatic N) is 4. The maximum Gasteiger partial charge on any atom is 0.193 e. The van der Waals surface area contributed by atoms with Gasteiger partial charge < -0.3 is 15.0 Å². The summed E-state index contributed by atoms with van der Waals surface area (Å²) in [5.41, 5.74) is 1.24. The molecule has 4 rings (SSSR count). The minimum Gasteiger partial charge on any atom is -0.379 e. The van der Waals surface area contributed by atoms with Gasteiger partial charge in [-0.3, -0.25) is 14.8 Å². The van der Waals surface area contributed by atoms with Gasteiger partial charge >= 0.3 is 0 Å². The molecule has 3 aliphatic rings. The minimum atomic E-state index is 0. The van der Waals surface area contributed by atoms with Gasteiger partial charge in [0.25, 0.3) is 0 Å². The summed E-state index contributed by atoms with van der Waals surface area (Å²) < 4.78 is 5.52. The topological polar surface area (TPSA) is 43.3 Å². The molecule has 1 N–H and O–H groups in total. The number of morpholine rings is 1. The highest BCUT2D eigenvalue weighted by Crippen LogP contribution is 2.23. The molecule has 0 radical (unpaired) electrons. The second-order valence-corrected chi connectivity index (χ2v) is 9.45. The van der Waals surface area contributed by atoms with E-state index >= 15 is 0 Å². The van der Waals surface area contributed by atoms with E-state index in [1.807, 2.05) is 12.1 Å². The molecule has 1 aromatic carbocycles. The van der Waals surface area contributed by atoms with Gasteiger partial charge in [-0.15, -0.1) is 24.0 Å². The number of nitrogens with one attached hydrogen (secondary N) is 1. The van der Waals surface area contributed by atoms with Gasteiger partial charge in [0, 0.05) is 56.9 Å². The van der Waals surface area contributed by atoms with Crippen molar-refractivity contribution in [1.29, 1.82) is 0 Å². The number of likely N-dealkylation sites (tertiary alicyclic amines) is 2. The SMILES string of the molecule is CCNC(=NCC1CCN(Cc2ccccc2Cl)CC1)N1CCC(N2CCOCC2)C1.I. The van der Waals surface area contributed by atoms with Crippen LogP contribution in [0.15, 0.2) is 29.3 Å². The molecule has 3 heterocycles. The van der Waals surface area contributed by atoms with E-state index in [9.17, 15) is 0 Å². The molecule has 3 fully saturated rings. The first kappa shape index (κ1) is 26.0. The number of aliphatic imine (C=N–C) groups is 1. The maximum atomic E-state index is 6.34. The van der Waals surface area contributed by atoms with E-state index in [0.717, 1.165) is 83.1 Å². The van der Waals surface area contributed by atoms with Gasteiger partial charge in [-0.25, -0.2) is 0 Å². The Kier molecular flexibility index (Phi) is 10.8. The Morgan fingerprint density at radius 3 is 2.56 bits per heavy atom. The summed E-state index contributed by atoms with van der Waals surface area (Å²) in [4.78, 5) is 12.7. The Balaban J connectivity index is 0.00000289. The third-order valence-corrected chi connectivity index (χ3v) is 7.29. The molecule has 32 heavy (non-hydrogen) atoms. The summed E-state index contributed by atoms with van der Waals surface area (Å²) in [7, 11) is 0. The standard InChI is InChI=1S/C24H38ClN5O.HI/c1-2-26-24(30-12-9-22(19-30)29-13-15-31-16-14-29)27-17-20-7-10-28(11-8-20)18-21-5-3-4-6-23(21)25;/h3-6,20,22H,2,7-19H2,1H3,(H,26,27);1H. The van der Waals surface area contributed by atoms with Crippen molar-refractivity contribution in [3.63, 3.8) is 0 Å². The van der Waals surface area contributed by atoms with Crippen LogP contribution in [0.5, 0.6) is 0 Å². The lowest BCUT2D eigenvalue weighted by Crippen LogP contribution is -2.46. The van der Waals surface area contributed by atoms with Crippen LogP contribution in [-0.4, -0.2) is 92.3 Å². The molecule has 180 valence electrons. The highest BCUT2D eigenvalue weighted by atomic mass is 127. The Labute approximate surface area is 215 Å². The first-order chi connectivity index (χ1) is 15.2. The fraction of sp³-hybridized carbons (Fsp3) is 0.708. The Bertz CT molecular complexity index is 722. The number of benzene rings is 1. The van der Waals surface area contributed by atoms with Crippen LogP contribution in [-0.2, 0) is 11.3 Å². The number of ether oxygens (including phenoxy) is 1. The second-order valence-electron chi connectivity index (χ2n) is 9.04. The van der Waals surface area contributed by atoms with Crippen molar-refractivity contribution in [2.45, 2.75) is 38.8 Å². The molecular weight excluding hydrogens is 537 g/mol. The van der Waals surface area contributed by atoms with Crippen LogP contribution < -0.4 is 5.32 Å². The molecule has 3 aliphatic heterocycles. The van der Waals surface area contributed by atoms with Crippen LogP contribution >= 0.6 is 35.6 Å². The molecular formula is C24H39ClIN5O. The molecule has 0 amide bonds. The van der Waals surface area contributed by atoms with Gasteiger partial charge in [0.15, 0.2) is 5.96 Å². The van der Waals surface area contributed by atoms with Crippen LogP contribution in [0.2, 0.25) is 5.02 Å². The largest absolute Gasteiger partial charge is 0.379 e. The quantitative estimate of drug-likeness (QED) is 0.319. The average molecular weight is 576 g/mol. The molecule has 1 unspecified atom stereocenters. The summed E-state index contributed by atoms with van der Waals surface area (Å²) in [5, 5.41) is 4.42. The first-order valence-electron chi connectivity index (χ1n) is 12.0. The van der Waals surface area contributed by atoms with Crippen molar-refractivity contribution >= 4 is 41.5 Å². The zero-order valence-corrected chi connectivity index (χ0v) is 22.4. The summed E-state index contributed by atoms with van der Waals surface area (Å²) in [6, 6.07) is 8.85. The van der Waals surface area contributed by atoms with Gasteiger partial charge in [0.1, 0.15) is 0 Å². The van der Waals surface area contributed by atoms with Gasteiger partial charge in [0.05, 0.1) is 13.2 Å². The van der Waals surface area contributed by atoms with E-state index < -0.39 is 0 Å². The van der Waals surface area contributed by atoms with Crippen molar-refractivity contribution in [3.8, 4) is 0 Å². The molecule has 6 nitrogen and oxygen atoms in total. The number of hydrogen-bond donors (Lipinski definition) is 1. The van der Waals surface area contributed by atoms with Crippen LogP contribution in [0.4, 0.5) is 0 Å². The lowest BCUT2D eigenvalue weighted by molar-refractivity contribution is 0.0195. The van der Waals surface area contributed by atoms with E-state index in [1.54, 1.807) is 0 Å². The molecule has 0 bridgehead atoms. The van der Waals surface area contributed by atoms with E-state index in [0.29, 0.717) is 12.0 Å². The van der Waals surface area contributed by atoms with Gasteiger partial charge in [0.2, 0.25) is 0 Å². The molecule has 3 saturated heterocycles. The van der Waals surface area contributed by atoms with E-state index in [1.165, 1.54) is 24.8 Å². The van der Waals surface area contributed by atoms with Gasteiger partial charge in [-0.05, 0) is 56.8 Å². The Morgan fingerprint density at radius 2 is 1.84 bits per heavy atom. The molecule has 8 heteroatoms. The van der Waals surface area contributed by atoms with Crippen LogP contribution in [0, 0.1) is 5.92 Å². The third-order valence-electron chi connectivity index (χ3n) is 6.92.